The Labute approximate surface area is 102 Å². The van der Waals surface area contributed by atoms with Crippen molar-refractivity contribution in [1.29, 1.82) is 0 Å². The second kappa shape index (κ2) is 9.00. The first-order valence-electron chi connectivity index (χ1n) is 7.23. The van der Waals surface area contributed by atoms with E-state index in [4.69, 9.17) is 0 Å². The van der Waals surface area contributed by atoms with E-state index in [0.29, 0.717) is 0 Å². The molecule has 2 heteroatoms. The van der Waals surface area contributed by atoms with Gasteiger partial charge in [-0.3, -0.25) is 4.90 Å². The third-order valence-electron chi connectivity index (χ3n) is 3.79. The van der Waals surface area contributed by atoms with Gasteiger partial charge in [-0.1, -0.05) is 45.4 Å². The van der Waals surface area contributed by atoms with Crippen molar-refractivity contribution >= 4 is 0 Å². The van der Waals surface area contributed by atoms with Gasteiger partial charge in [-0.25, -0.2) is 0 Å². The molecule has 0 unspecified atom stereocenters. The Bertz CT molecular complexity index is 153. The van der Waals surface area contributed by atoms with E-state index in [2.05, 4.69) is 24.2 Å². The minimum Gasteiger partial charge on any atom is -0.307 e. The Balaban J connectivity index is 2.14. The molecule has 2 nitrogen and oxygen atoms in total. The van der Waals surface area contributed by atoms with Gasteiger partial charge in [0, 0.05) is 6.67 Å². The van der Waals surface area contributed by atoms with Gasteiger partial charge >= 0.3 is 0 Å². The van der Waals surface area contributed by atoms with Gasteiger partial charge in [0.1, 0.15) is 0 Å². The Morgan fingerprint density at radius 1 is 1.12 bits per heavy atom. The SMILES string of the molecule is CCCCN(CCC1CCCCC1)CNC. The van der Waals surface area contributed by atoms with Crippen LogP contribution in [0.15, 0.2) is 0 Å². The van der Waals surface area contributed by atoms with Crippen LogP contribution in [0.3, 0.4) is 0 Å². The highest BCUT2D eigenvalue weighted by Crippen LogP contribution is 2.26. The van der Waals surface area contributed by atoms with E-state index >= 15 is 0 Å². The average molecular weight is 226 g/mol. The molecular formula is C14H30N2. The zero-order valence-electron chi connectivity index (χ0n) is 11.3. The predicted octanol–water partition coefficient (Wildman–Crippen LogP) is 3.24. The number of nitrogens with one attached hydrogen (secondary N) is 1. The van der Waals surface area contributed by atoms with E-state index in [1.807, 2.05) is 0 Å². The van der Waals surface area contributed by atoms with Gasteiger partial charge < -0.3 is 5.32 Å². The predicted molar refractivity (Wildman–Crippen MR) is 71.6 cm³/mol. The Morgan fingerprint density at radius 3 is 2.50 bits per heavy atom. The van der Waals surface area contributed by atoms with Crippen LogP contribution in [0.1, 0.15) is 58.3 Å². The summed E-state index contributed by atoms with van der Waals surface area (Å²) in [6.07, 6.45) is 11.5. The fourth-order valence-electron chi connectivity index (χ4n) is 2.72. The normalized spacial score (nSPS) is 18.2. The molecule has 96 valence electrons. The summed E-state index contributed by atoms with van der Waals surface area (Å²) >= 11 is 0. The second-order valence-corrected chi connectivity index (χ2v) is 5.28. The van der Waals surface area contributed by atoms with Crippen molar-refractivity contribution in [2.45, 2.75) is 58.3 Å². The van der Waals surface area contributed by atoms with Crippen molar-refractivity contribution in [1.82, 2.24) is 10.2 Å². The van der Waals surface area contributed by atoms with Crippen molar-refractivity contribution in [2.75, 3.05) is 26.8 Å². The number of hydrogen-bond acceptors (Lipinski definition) is 2. The standard InChI is InChI=1S/C14H30N2/c1-3-4-11-16(13-15-2)12-10-14-8-6-5-7-9-14/h14-15H,3-13H2,1-2H3. The Kier molecular flexibility index (Phi) is 7.87. The fourth-order valence-corrected chi connectivity index (χ4v) is 2.72. The molecule has 1 N–H and O–H groups in total. The molecule has 0 heterocycles. The first kappa shape index (κ1) is 14.0. The summed E-state index contributed by atoms with van der Waals surface area (Å²) in [5, 5.41) is 3.29. The van der Waals surface area contributed by atoms with E-state index < -0.39 is 0 Å². The third kappa shape index (κ3) is 5.86. The molecule has 16 heavy (non-hydrogen) atoms. The lowest BCUT2D eigenvalue weighted by atomic mass is 9.87. The second-order valence-electron chi connectivity index (χ2n) is 5.28. The summed E-state index contributed by atoms with van der Waals surface area (Å²) in [5.74, 6) is 1.02. The van der Waals surface area contributed by atoms with Gasteiger partial charge in [0.25, 0.3) is 0 Å². The molecule has 0 saturated heterocycles. The summed E-state index contributed by atoms with van der Waals surface area (Å²) in [4.78, 5) is 2.58. The van der Waals surface area contributed by atoms with Crippen LogP contribution in [0, 0.1) is 5.92 Å². The maximum atomic E-state index is 3.29. The number of nitrogens with zero attached hydrogens (tertiary/aromatic N) is 1. The molecule has 1 fully saturated rings. The first-order chi connectivity index (χ1) is 7.86. The van der Waals surface area contributed by atoms with Gasteiger partial charge in [-0.05, 0) is 38.9 Å². The molecule has 1 aliphatic rings. The molecule has 1 aliphatic carbocycles. The van der Waals surface area contributed by atoms with Crippen molar-refractivity contribution in [3.05, 3.63) is 0 Å². The maximum Gasteiger partial charge on any atom is 0.0477 e. The molecule has 0 aromatic carbocycles. The van der Waals surface area contributed by atoms with Crippen LogP contribution in [-0.2, 0) is 0 Å². The van der Waals surface area contributed by atoms with E-state index in [9.17, 15) is 0 Å². The number of unbranched alkanes of at least 4 members (excludes halogenated alkanes) is 1. The molecule has 1 rings (SSSR count). The number of hydrogen-bond donors (Lipinski definition) is 1. The molecular weight excluding hydrogens is 196 g/mol. The molecule has 0 spiro atoms. The fraction of sp³-hybridized carbons (Fsp3) is 1.00. The van der Waals surface area contributed by atoms with Gasteiger partial charge in [0.2, 0.25) is 0 Å². The van der Waals surface area contributed by atoms with Crippen molar-refractivity contribution in [2.24, 2.45) is 5.92 Å². The van der Waals surface area contributed by atoms with Crippen LogP contribution in [0.2, 0.25) is 0 Å². The lowest BCUT2D eigenvalue weighted by Gasteiger charge is -2.26. The van der Waals surface area contributed by atoms with E-state index in [-0.39, 0.29) is 0 Å². The topological polar surface area (TPSA) is 15.3 Å². The molecule has 0 radical (unpaired) electrons. The molecule has 0 atom stereocenters. The van der Waals surface area contributed by atoms with Crippen LogP contribution in [0.5, 0.6) is 0 Å². The summed E-state index contributed by atoms with van der Waals surface area (Å²) in [5.41, 5.74) is 0. The molecule has 0 bridgehead atoms. The molecule has 0 amide bonds. The molecule has 0 aliphatic heterocycles. The van der Waals surface area contributed by atoms with Gasteiger partial charge in [0.05, 0.1) is 0 Å². The Morgan fingerprint density at radius 2 is 1.88 bits per heavy atom. The smallest absolute Gasteiger partial charge is 0.0477 e. The van der Waals surface area contributed by atoms with E-state index in [1.54, 1.807) is 0 Å². The van der Waals surface area contributed by atoms with Crippen LogP contribution in [0.4, 0.5) is 0 Å². The molecule has 1 saturated carbocycles. The highest BCUT2D eigenvalue weighted by molar-refractivity contribution is 4.68. The lowest BCUT2D eigenvalue weighted by Crippen LogP contribution is -2.34. The van der Waals surface area contributed by atoms with Crippen LogP contribution < -0.4 is 5.32 Å². The minimum absolute atomic E-state index is 1.02. The Hall–Kier alpha value is -0.0800. The van der Waals surface area contributed by atoms with Crippen LogP contribution >= 0.6 is 0 Å². The van der Waals surface area contributed by atoms with Crippen LogP contribution in [-0.4, -0.2) is 31.7 Å². The largest absolute Gasteiger partial charge is 0.307 e. The summed E-state index contributed by atoms with van der Waals surface area (Å²) in [6.45, 7) is 5.90. The monoisotopic (exact) mass is 226 g/mol. The zero-order valence-corrected chi connectivity index (χ0v) is 11.3. The summed E-state index contributed by atoms with van der Waals surface area (Å²) in [6, 6.07) is 0. The number of rotatable bonds is 8. The average Bonchev–Trinajstić information content (AvgIpc) is 2.34. The van der Waals surface area contributed by atoms with Gasteiger partial charge in [0.15, 0.2) is 0 Å². The van der Waals surface area contributed by atoms with E-state index in [1.165, 1.54) is 64.5 Å². The highest BCUT2D eigenvalue weighted by atomic mass is 15.2. The summed E-state index contributed by atoms with van der Waals surface area (Å²) in [7, 11) is 2.06. The molecule has 0 aromatic rings. The van der Waals surface area contributed by atoms with Gasteiger partial charge in [-0.2, -0.15) is 0 Å². The maximum absolute atomic E-state index is 3.29. The summed E-state index contributed by atoms with van der Waals surface area (Å²) < 4.78 is 0. The van der Waals surface area contributed by atoms with Crippen molar-refractivity contribution in [3.63, 3.8) is 0 Å². The van der Waals surface area contributed by atoms with Crippen LogP contribution in [0.25, 0.3) is 0 Å². The van der Waals surface area contributed by atoms with Crippen molar-refractivity contribution < 1.29 is 0 Å². The van der Waals surface area contributed by atoms with E-state index in [0.717, 1.165) is 12.6 Å². The minimum atomic E-state index is 1.02. The van der Waals surface area contributed by atoms with Crippen molar-refractivity contribution in [3.8, 4) is 0 Å². The highest BCUT2D eigenvalue weighted by Gasteiger charge is 2.14. The first-order valence-corrected chi connectivity index (χ1v) is 7.23. The van der Waals surface area contributed by atoms with Gasteiger partial charge in [-0.15, -0.1) is 0 Å². The quantitative estimate of drug-likeness (QED) is 0.639. The third-order valence-corrected chi connectivity index (χ3v) is 3.79. The zero-order chi connectivity index (χ0) is 11.6. The molecule has 0 aromatic heterocycles. The lowest BCUT2D eigenvalue weighted by molar-refractivity contribution is 0.220.